The molecular formula is C23H21N5O. The van der Waals surface area contributed by atoms with Crippen molar-refractivity contribution in [3.8, 4) is 11.3 Å². The van der Waals surface area contributed by atoms with Gasteiger partial charge in [-0.2, -0.15) is 5.10 Å². The number of rotatable bonds is 5. The van der Waals surface area contributed by atoms with Gasteiger partial charge in [-0.15, -0.1) is 0 Å². The summed E-state index contributed by atoms with van der Waals surface area (Å²) in [5.74, 6) is 0.478. The molecule has 0 saturated heterocycles. The maximum atomic E-state index is 13.1. The highest BCUT2D eigenvalue weighted by Crippen LogP contribution is 2.39. The van der Waals surface area contributed by atoms with Crippen LogP contribution in [0, 0.1) is 0 Å². The molecule has 1 aliphatic carbocycles. The monoisotopic (exact) mass is 383 g/mol. The summed E-state index contributed by atoms with van der Waals surface area (Å²) in [4.78, 5) is 21.9. The van der Waals surface area contributed by atoms with Gasteiger partial charge < -0.3 is 5.32 Å². The van der Waals surface area contributed by atoms with Crippen molar-refractivity contribution in [1.82, 2.24) is 25.1 Å². The lowest BCUT2D eigenvalue weighted by Gasteiger charge is -2.11. The topological polar surface area (TPSA) is 72.7 Å². The summed E-state index contributed by atoms with van der Waals surface area (Å²) in [7, 11) is 1.93. The first kappa shape index (κ1) is 17.6. The lowest BCUT2D eigenvalue weighted by atomic mass is 10.0. The number of pyridine rings is 2. The second kappa shape index (κ2) is 7.13. The maximum Gasteiger partial charge on any atom is 0.252 e. The van der Waals surface area contributed by atoms with Gasteiger partial charge in [0.05, 0.1) is 34.7 Å². The van der Waals surface area contributed by atoms with E-state index in [0.717, 1.165) is 33.5 Å². The van der Waals surface area contributed by atoms with E-state index in [2.05, 4.69) is 21.5 Å². The van der Waals surface area contributed by atoms with Crippen LogP contribution in [-0.4, -0.2) is 25.7 Å². The van der Waals surface area contributed by atoms with Gasteiger partial charge in [-0.1, -0.05) is 18.2 Å². The fourth-order valence-corrected chi connectivity index (χ4v) is 3.57. The molecule has 5 rings (SSSR count). The molecule has 1 aromatic carbocycles. The molecule has 1 saturated carbocycles. The molecule has 0 aliphatic heterocycles. The van der Waals surface area contributed by atoms with Crippen LogP contribution >= 0.6 is 0 Å². The first-order valence-corrected chi connectivity index (χ1v) is 9.80. The standard InChI is InChI=1S/C23H21N5O/c1-28-17(12-22(27-28)15-6-7-15)14-25-23(29)19-13-21(16-8-10-24-11-9-16)26-20-5-3-2-4-18(19)20/h2-5,8-13,15H,6-7,14H2,1H3,(H,25,29). The van der Waals surface area contributed by atoms with Gasteiger partial charge in [-0.05, 0) is 43.2 Å². The Morgan fingerprint density at radius 1 is 1.14 bits per heavy atom. The van der Waals surface area contributed by atoms with Gasteiger partial charge in [0, 0.05) is 36.3 Å². The Hall–Kier alpha value is -3.54. The minimum atomic E-state index is -0.118. The van der Waals surface area contributed by atoms with Crippen LogP contribution < -0.4 is 5.32 Å². The number of carbonyl (C=O) groups is 1. The van der Waals surface area contributed by atoms with Crippen molar-refractivity contribution >= 4 is 16.8 Å². The molecule has 1 aliphatic rings. The predicted octanol–water partition coefficient (Wildman–Crippen LogP) is 3.84. The molecule has 0 atom stereocenters. The third-order valence-electron chi connectivity index (χ3n) is 5.36. The number of nitrogens with zero attached hydrogens (tertiary/aromatic N) is 4. The molecule has 29 heavy (non-hydrogen) atoms. The molecule has 0 unspecified atom stereocenters. The molecule has 144 valence electrons. The fraction of sp³-hybridized carbons (Fsp3) is 0.217. The number of carbonyl (C=O) groups excluding carboxylic acids is 1. The van der Waals surface area contributed by atoms with Gasteiger partial charge in [0.1, 0.15) is 0 Å². The van der Waals surface area contributed by atoms with Crippen LogP contribution in [0.1, 0.15) is 40.5 Å². The summed E-state index contributed by atoms with van der Waals surface area (Å²) < 4.78 is 1.86. The van der Waals surface area contributed by atoms with Crippen LogP contribution in [0.2, 0.25) is 0 Å². The van der Waals surface area contributed by atoms with E-state index >= 15 is 0 Å². The second-order valence-corrected chi connectivity index (χ2v) is 7.45. The average Bonchev–Trinajstić information content (AvgIpc) is 3.55. The van der Waals surface area contributed by atoms with E-state index in [4.69, 9.17) is 4.98 Å². The number of fused-ring (bicyclic) bond motifs is 1. The van der Waals surface area contributed by atoms with Crippen molar-refractivity contribution in [1.29, 1.82) is 0 Å². The molecule has 1 fully saturated rings. The van der Waals surface area contributed by atoms with Crippen molar-refractivity contribution in [2.45, 2.75) is 25.3 Å². The quantitative estimate of drug-likeness (QED) is 0.568. The lowest BCUT2D eigenvalue weighted by molar-refractivity contribution is 0.0951. The third-order valence-corrected chi connectivity index (χ3v) is 5.36. The Kier molecular flexibility index (Phi) is 4.31. The Balaban J connectivity index is 1.46. The Bertz CT molecular complexity index is 1190. The number of hydrogen-bond donors (Lipinski definition) is 1. The zero-order valence-corrected chi connectivity index (χ0v) is 16.2. The minimum Gasteiger partial charge on any atom is -0.346 e. The number of nitrogens with one attached hydrogen (secondary N) is 1. The highest BCUT2D eigenvalue weighted by Gasteiger charge is 2.26. The summed E-state index contributed by atoms with van der Waals surface area (Å²) in [6.07, 6.45) is 5.88. The van der Waals surface area contributed by atoms with Gasteiger partial charge in [-0.3, -0.25) is 14.5 Å². The largest absolute Gasteiger partial charge is 0.346 e. The predicted molar refractivity (Wildman–Crippen MR) is 111 cm³/mol. The number of amides is 1. The van der Waals surface area contributed by atoms with Gasteiger partial charge in [0.2, 0.25) is 0 Å². The zero-order valence-electron chi connectivity index (χ0n) is 16.2. The van der Waals surface area contributed by atoms with Crippen molar-refractivity contribution in [2.24, 2.45) is 7.05 Å². The Morgan fingerprint density at radius 3 is 2.72 bits per heavy atom. The smallest absolute Gasteiger partial charge is 0.252 e. The number of aryl methyl sites for hydroxylation is 1. The molecular weight excluding hydrogens is 362 g/mol. The number of aromatic nitrogens is 4. The molecule has 4 aromatic rings. The fourth-order valence-electron chi connectivity index (χ4n) is 3.57. The normalized spacial score (nSPS) is 13.6. The summed E-state index contributed by atoms with van der Waals surface area (Å²) in [5, 5.41) is 8.48. The van der Waals surface area contributed by atoms with Gasteiger partial charge in [-0.25, -0.2) is 4.98 Å². The summed E-state index contributed by atoms with van der Waals surface area (Å²) in [6, 6.07) is 15.5. The minimum absolute atomic E-state index is 0.118. The van der Waals surface area contributed by atoms with E-state index < -0.39 is 0 Å². The van der Waals surface area contributed by atoms with Crippen molar-refractivity contribution in [3.63, 3.8) is 0 Å². The highest BCUT2D eigenvalue weighted by molar-refractivity contribution is 6.07. The van der Waals surface area contributed by atoms with E-state index in [9.17, 15) is 4.79 Å². The Morgan fingerprint density at radius 2 is 1.93 bits per heavy atom. The molecule has 1 amide bonds. The molecule has 6 nitrogen and oxygen atoms in total. The SMILES string of the molecule is Cn1nc(C2CC2)cc1CNC(=O)c1cc(-c2ccncc2)nc2ccccc12. The third kappa shape index (κ3) is 3.49. The number of benzene rings is 1. The van der Waals surface area contributed by atoms with E-state index in [1.807, 2.05) is 54.2 Å². The van der Waals surface area contributed by atoms with Crippen LogP contribution in [0.5, 0.6) is 0 Å². The Labute approximate surface area is 168 Å². The van der Waals surface area contributed by atoms with Crippen LogP contribution in [0.3, 0.4) is 0 Å². The van der Waals surface area contributed by atoms with Crippen LogP contribution in [0.15, 0.2) is 60.9 Å². The molecule has 0 radical (unpaired) electrons. The van der Waals surface area contributed by atoms with Crippen LogP contribution in [-0.2, 0) is 13.6 Å². The molecule has 0 spiro atoms. The highest BCUT2D eigenvalue weighted by atomic mass is 16.1. The van der Waals surface area contributed by atoms with E-state index in [0.29, 0.717) is 18.0 Å². The molecule has 1 N–H and O–H groups in total. The van der Waals surface area contributed by atoms with E-state index in [-0.39, 0.29) is 5.91 Å². The molecule has 3 heterocycles. The average molecular weight is 383 g/mol. The molecule has 3 aromatic heterocycles. The van der Waals surface area contributed by atoms with Crippen LogP contribution in [0.4, 0.5) is 0 Å². The molecule has 6 heteroatoms. The second-order valence-electron chi connectivity index (χ2n) is 7.45. The summed E-state index contributed by atoms with van der Waals surface area (Å²) in [5.41, 5.74) is 5.24. The first-order chi connectivity index (χ1) is 14.2. The number of hydrogen-bond acceptors (Lipinski definition) is 4. The van der Waals surface area contributed by atoms with E-state index in [1.54, 1.807) is 12.4 Å². The van der Waals surface area contributed by atoms with Gasteiger partial charge in [0.25, 0.3) is 5.91 Å². The van der Waals surface area contributed by atoms with Crippen molar-refractivity contribution in [2.75, 3.05) is 0 Å². The van der Waals surface area contributed by atoms with Gasteiger partial charge >= 0.3 is 0 Å². The molecule has 0 bridgehead atoms. The van der Waals surface area contributed by atoms with Crippen molar-refractivity contribution in [3.05, 3.63) is 77.9 Å². The zero-order chi connectivity index (χ0) is 19.8. The maximum absolute atomic E-state index is 13.1. The number of para-hydroxylation sites is 1. The van der Waals surface area contributed by atoms with Gasteiger partial charge in [0.15, 0.2) is 0 Å². The van der Waals surface area contributed by atoms with Crippen LogP contribution in [0.25, 0.3) is 22.2 Å². The first-order valence-electron chi connectivity index (χ1n) is 9.80. The summed E-state index contributed by atoms with van der Waals surface area (Å²) in [6.45, 7) is 0.441. The lowest BCUT2D eigenvalue weighted by Crippen LogP contribution is -2.24. The summed E-state index contributed by atoms with van der Waals surface area (Å²) >= 11 is 0. The van der Waals surface area contributed by atoms with Crippen molar-refractivity contribution < 1.29 is 4.79 Å². The van der Waals surface area contributed by atoms with E-state index in [1.165, 1.54) is 12.8 Å².